The minimum Gasteiger partial charge on any atom is -0.374 e. The molecule has 0 radical (unpaired) electrons. The van der Waals surface area contributed by atoms with Crippen LogP contribution in [0.4, 0.5) is 0 Å². The summed E-state index contributed by atoms with van der Waals surface area (Å²) in [7, 11) is -1.34. The third-order valence-electron chi connectivity index (χ3n) is 3.69. The summed E-state index contributed by atoms with van der Waals surface area (Å²) in [5.74, 6) is -0.173. The Morgan fingerprint density at radius 2 is 2.24 bits per heavy atom. The van der Waals surface area contributed by atoms with Crippen molar-refractivity contribution in [2.75, 3.05) is 32.5 Å². The van der Waals surface area contributed by atoms with Gasteiger partial charge in [-0.25, -0.2) is 8.42 Å². The Morgan fingerprint density at radius 1 is 1.52 bits per heavy atom. The van der Waals surface area contributed by atoms with E-state index in [1.807, 2.05) is 24.7 Å². The number of amides is 1. The van der Waals surface area contributed by atoms with E-state index in [0.717, 1.165) is 5.69 Å². The van der Waals surface area contributed by atoms with Gasteiger partial charge in [0.25, 0.3) is 5.91 Å². The molecule has 0 aliphatic carbocycles. The number of carbonyl (C=O) groups excluding carboxylic acids is 1. The molecule has 1 amide bonds. The van der Waals surface area contributed by atoms with Gasteiger partial charge in [-0.2, -0.15) is 4.31 Å². The van der Waals surface area contributed by atoms with E-state index in [4.69, 9.17) is 4.74 Å². The third-order valence-corrected chi connectivity index (χ3v) is 4.96. The third kappa shape index (κ3) is 3.84. The molecule has 1 aromatic rings. The molecular weight excluding hydrogens is 294 g/mol. The van der Waals surface area contributed by atoms with Gasteiger partial charge < -0.3 is 14.6 Å². The normalized spacial score (nSPS) is 20.4. The SMILES string of the molecule is Cc1c(C(=O)NC[C@H]2CN(S(C)(=O)=O)CCO2)ccn1C. The molecule has 1 aliphatic rings. The zero-order valence-electron chi connectivity index (χ0n) is 12.5. The van der Waals surface area contributed by atoms with Crippen molar-refractivity contribution in [3.8, 4) is 0 Å². The lowest BCUT2D eigenvalue weighted by Gasteiger charge is -2.31. The van der Waals surface area contributed by atoms with Crippen molar-refractivity contribution in [2.24, 2.45) is 7.05 Å². The molecule has 21 heavy (non-hydrogen) atoms. The number of nitrogens with one attached hydrogen (secondary N) is 1. The fraction of sp³-hybridized carbons (Fsp3) is 0.615. The number of nitrogens with zero attached hydrogens (tertiary/aromatic N) is 2. The van der Waals surface area contributed by atoms with Crippen LogP contribution in [0.1, 0.15) is 16.1 Å². The fourth-order valence-corrected chi connectivity index (χ4v) is 3.11. The lowest BCUT2D eigenvalue weighted by Crippen LogP contribution is -2.49. The number of carbonyl (C=O) groups is 1. The Kier molecular flexibility index (Phi) is 4.70. The van der Waals surface area contributed by atoms with Crippen molar-refractivity contribution in [2.45, 2.75) is 13.0 Å². The number of hydrogen-bond acceptors (Lipinski definition) is 4. The van der Waals surface area contributed by atoms with E-state index in [9.17, 15) is 13.2 Å². The molecule has 118 valence electrons. The van der Waals surface area contributed by atoms with Gasteiger partial charge in [0.1, 0.15) is 0 Å². The number of sulfonamides is 1. The van der Waals surface area contributed by atoms with Crippen LogP contribution in [-0.2, 0) is 21.8 Å². The Hall–Kier alpha value is -1.38. The largest absolute Gasteiger partial charge is 0.374 e. The van der Waals surface area contributed by atoms with Crippen molar-refractivity contribution < 1.29 is 17.9 Å². The zero-order valence-corrected chi connectivity index (χ0v) is 13.3. The summed E-state index contributed by atoms with van der Waals surface area (Å²) in [5, 5.41) is 2.80. The molecule has 0 aromatic carbocycles. The molecule has 0 spiro atoms. The maximum atomic E-state index is 12.1. The highest BCUT2D eigenvalue weighted by Gasteiger charge is 2.26. The van der Waals surface area contributed by atoms with E-state index < -0.39 is 10.0 Å². The van der Waals surface area contributed by atoms with Gasteiger partial charge in [0.15, 0.2) is 0 Å². The van der Waals surface area contributed by atoms with Gasteiger partial charge in [-0.3, -0.25) is 4.79 Å². The molecule has 2 heterocycles. The second-order valence-electron chi connectivity index (χ2n) is 5.25. The highest BCUT2D eigenvalue weighted by molar-refractivity contribution is 7.88. The number of hydrogen-bond donors (Lipinski definition) is 1. The quantitative estimate of drug-likeness (QED) is 0.829. The summed E-state index contributed by atoms with van der Waals surface area (Å²) in [6.45, 7) is 3.14. The number of aryl methyl sites for hydroxylation is 1. The first-order chi connectivity index (χ1) is 9.79. The standard InChI is InChI=1S/C13H21N3O4S/c1-10-12(4-5-15(10)2)13(17)14-8-11-9-16(6-7-20-11)21(3,18)19/h4-5,11H,6-9H2,1-3H3,(H,14,17)/t11-/m0/s1. The van der Waals surface area contributed by atoms with Gasteiger partial charge in [0.05, 0.1) is 24.5 Å². The topological polar surface area (TPSA) is 80.6 Å². The number of morpholine rings is 1. The van der Waals surface area contributed by atoms with Gasteiger partial charge in [-0.1, -0.05) is 0 Å². The Morgan fingerprint density at radius 3 is 2.81 bits per heavy atom. The van der Waals surface area contributed by atoms with Crippen LogP contribution in [0.2, 0.25) is 0 Å². The summed E-state index contributed by atoms with van der Waals surface area (Å²) in [5.41, 5.74) is 1.50. The second-order valence-corrected chi connectivity index (χ2v) is 7.23. The molecule has 0 bridgehead atoms. The molecular formula is C13H21N3O4S. The van der Waals surface area contributed by atoms with E-state index in [-0.39, 0.29) is 18.6 Å². The minimum absolute atomic E-state index is 0.173. The van der Waals surface area contributed by atoms with Crippen molar-refractivity contribution in [1.29, 1.82) is 0 Å². The molecule has 8 heteroatoms. The van der Waals surface area contributed by atoms with Crippen LogP contribution >= 0.6 is 0 Å². The highest BCUT2D eigenvalue weighted by atomic mass is 32.2. The number of rotatable bonds is 4. The Labute approximate surface area is 124 Å². The average molecular weight is 315 g/mol. The van der Waals surface area contributed by atoms with Crippen molar-refractivity contribution in [3.63, 3.8) is 0 Å². The van der Waals surface area contributed by atoms with Crippen LogP contribution < -0.4 is 5.32 Å². The Bertz CT molecular complexity index is 623. The second kappa shape index (κ2) is 6.17. The molecule has 7 nitrogen and oxygen atoms in total. The molecule has 0 unspecified atom stereocenters. The maximum absolute atomic E-state index is 12.1. The molecule has 1 atom stereocenters. The van der Waals surface area contributed by atoms with Gasteiger partial charge >= 0.3 is 0 Å². The molecule has 1 N–H and O–H groups in total. The monoisotopic (exact) mass is 315 g/mol. The van der Waals surface area contributed by atoms with Crippen LogP contribution in [-0.4, -0.2) is 61.8 Å². The predicted octanol–water partition coefficient (Wildman–Crippen LogP) is -0.276. The van der Waals surface area contributed by atoms with E-state index in [0.29, 0.717) is 25.3 Å². The molecule has 1 aromatic heterocycles. The lowest BCUT2D eigenvalue weighted by atomic mass is 10.2. The van der Waals surface area contributed by atoms with E-state index in [1.165, 1.54) is 10.6 Å². The number of aromatic nitrogens is 1. The summed E-state index contributed by atoms with van der Waals surface area (Å²) in [6.07, 6.45) is 2.69. The van der Waals surface area contributed by atoms with Crippen molar-refractivity contribution >= 4 is 15.9 Å². The molecule has 1 fully saturated rings. The van der Waals surface area contributed by atoms with E-state index in [2.05, 4.69) is 5.32 Å². The van der Waals surface area contributed by atoms with Crippen LogP contribution in [0.15, 0.2) is 12.3 Å². The van der Waals surface area contributed by atoms with Gasteiger partial charge in [0.2, 0.25) is 10.0 Å². The number of ether oxygens (including phenoxy) is 1. The first kappa shape index (κ1) is 16.0. The maximum Gasteiger partial charge on any atom is 0.253 e. The first-order valence-corrected chi connectivity index (χ1v) is 8.60. The van der Waals surface area contributed by atoms with Gasteiger partial charge in [0, 0.05) is 38.6 Å². The summed E-state index contributed by atoms with van der Waals surface area (Å²) in [4.78, 5) is 12.1. The lowest BCUT2D eigenvalue weighted by molar-refractivity contribution is 0.000434. The smallest absolute Gasteiger partial charge is 0.253 e. The predicted molar refractivity (Wildman–Crippen MR) is 78.6 cm³/mol. The molecule has 0 saturated carbocycles. The van der Waals surface area contributed by atoms with Gasteiger partial charge in [-0.05, 0) is 13.0 Å². The Balaban J connectivity index is 1.91. The highest BCUT2D eigenvalue weighted by Crippen LogP contribution is 2.10. The summed E-state index contributed by atoms with van der Waals surface area (Å²) in [6, 6.07) is 1.76. The van der Waals surface area contributed by atoms with E-state index >= 15 is 0 Å². The van der Waals surface area contributed by atoms with Crippen LogP contribution in [0.5, 0.6) is 0 Å². The molecule has 2 rings (SSSR count). The van der Waals surface area contributed by atoms with Crippen LogP contribution in [0, 0.1) is 6.92 Å². The summed E-state index contributed by atoms with van der Waals surface area (Å²) >= 11 is 0. The minimum atomic E-state index is -3.22. The van der Waals surface area contributed by atoms with Crippen LogP contribution in [0.3, 0.4) is 0 Å². The van der Waals surface area contributed by atoms with Gasteiger partial charge in [-0.15, -0.1) is 0 Å². The van der Waals surface area contributed by atoms with E-state index in [1.54, 1.807) is 6.07 Å². The fourth-order valence-electron chi connectivity index (χ4n) is 2.27. The zero-order chi connectivity index (χ0) is 15.6. The average Bonchev–Trinajstić information content (AvgIpc) is 2.76. The molecule has 1 aliphatic heterocycles. The molecule has 1 saturated heterocycles. The first-order valence-electron chi connectivity index (χ1n) is 6.76. The summed E-state index contributed by atoms with van der Waals surface area (Å²) < 4.78 is 31.8. The van der Waals surface area contributed by atoms with Crippen molar-refractivity contribution in [3.05, 3.63) is 23.5 Å². The van der Waals surface area contributed by atoms with Crippen molar-refractivity contribution in [1.82, 2.24) is 14.2 Å². The van der Waals surface area contributed by atoms with Crippen LogP contribution in [0.25, 0.3) is 0 Å².